The van der Waals surface area contributed by atoms with Crippen LogP contribution in [0.4, 0.5) is 0 Å². The van der Waals surface area contributed by atoms with E-state index >= 15 is 0 Å². The van der Waals surface area contributed by atoms with Crippen LogP contribution in [0.25, 0.3) is 22.4 Å². The molecule has 9 heteroatoms. The van der Waals surface area contributed by atoms with Gasteiger partial charge in [-0.15, -0.1) is 0 Å². The third kappa shape index (κ3) is 8.93. The summed E-state index contributed by atoms with van der Waals surface area (Å²) in [5, 5.41) is 10.5. The number of ether oxygens (including phenoxy) is 2. The molecule has 0 aliphatic carbocycles. The molecule has 0 aliphatic rings. The molecular formula is C33H32N2O5S2. The van der Waals surface area contributed by atoms with Gasteiger partial charge >= 0.3 is 5.97 Å². The molecule has 1 atom stereocenters. The van der Waals surface area contributed by atoms with E-state index in [4.69, 9.17) is 14.5 Å². The highest BCUT2D eigenvalue weighted by Crippen LogP contribution is 2.34. The average Bonchev–Trinajstić information content (AvgIpc) is 3.02. The molecular weight excluding hydrogens is 569 g/mol. The largest absolute Gasteiger partial charge is 0.490 e. The lowest BCUT2D eigenvalue weighted by Crippen LogP contribution is -2.33. The number of sulfone groups is 1. The lowest BCUT2D eigenvalue weighted by Gasteiger charge is -2.19. The van der Waals surface area contributed by atoms with Gasteiger partial charge in [0.15, 0.2) is 9.84 Å². The topological polar surface area (TPSA) is 106 Å². The van der Waals surface area contributed by atoms with Gasteiger partial charge in [-0.2, -0.15) is 5.26 Å². The molecule has 0 N–H and O–H groups in total. The number of benzene rings is 3. The number of carbonyl (C=O) groups is 1. The minimum atomic E-state index is -3.46. The first-order valence-corrected chi connectivity index (χ1v) is 16.5. The van der Waals surface area contributed by atoms with Crippen LogP contribution >= 0.6 is 11.8 Å². The molecule has 0 fully saturated rings. The number of nitrogens with zero attached hydrogens (tertiary/aromatic N) is 2. The first-order chi connectivity index (χ1) is 20.4. The number of hydrogen-bond donors (Lipinski definition) is 0. The van der Waals surface area contributed by atoms with E-state index in [2.05, 4.69) is 6.07 Å². The summed E-state index contributed by atoms with van der Waals surface area (Å²) < 4.78 is 36.8. The molecule has 0 aliphatic heterocycles. The predicted octanol–water partition coefficient (Wildman–Crippen LogP) is 6.59. The molecule has 42 heavy (non-hydrogen) atoms. The van der Waals surface area contributed by atoms with E-state index in [-0.39, 0.29) is 23.9 Å². The Morgan fingerprint density at radius 2 is 1.57 bits per heavy atom. The van der Waals surface area contributed by atoms with E-state index in [1.54, 1.807) is 24.3 Å². The number of unbranched alkanes of at least 4 members (excludes halogenated alkanes) is 1. The van der Waals surface area contributed by atoms with E-state index in [1.165, 1.54) is 0 Å². The fraction of sp³-hybridized carbons (Fsp3) is 0.242. The monoisotopic (exact) mass is 600 g/mol. The Morgan fingerprint density at radius 3 is 2.19 bits per heavy atom. The van der Waals surface area contributed by atoms with Crippen molar-refractivity contribution in [3.05, 3.63) is 103 Å². The summed E-state index contributed by atoms with van der Waals surface area (Å²) in [5.74, 6) is -0.552. The Labute approximate surface area is 251 Å². The first-order valence-electron chi connectivity index (χ1n) is 13.6. The summed E-state index contributed by atoms with van der Waals surface area (Å²) in [5.41, 5.74) is 3.46. The van der Waals surface area contributed by atoms with Crippen LogP contribution in [0, 0.1) is 11.3 Å². The summed E-state index contributed by atoms with van der Waals surface area (Å²) in [6.07, 6.45) is 0.281. The molecule has 0 saturated heterocycles. The van der Waals surface area contributed by atoms with Crippen molar-refractivity contribution in [3.8, 4) is 34.2 Å². The van der Waals surface area contributed by atoms with Gasteiger partial charge in [-0.05, 0) is 30.2 Å². The van der Waals surface area contributed by atoms with Crippen molar-refractivity contribution >= 4 is 27.6 Å². The minimum Gasteiger partial charge on any atom is -0.490 e. The van der Waals surface area contributed by atoms with Gasteiger partial charge in [-0.3, -0.25) is 4.79 Å². The number of hydrogen-bond acceptors (Lipinski definition) is 8. The molecule has 1 unspecified atom stereocenters. The Hall–Kier alpha value is -4.13. The zero-order valence-electron chi connectivity index (χ0n) is 23.3. The second kappa shape index (κ2) is 15.2. The zero-order chi connectivity index (χ0) is 29.8. The molecule has 0 bridgehead atoms. The van der Waals surface area contributed by atoms with E-state index in [0.29, 0.717) is 34.0 Å². The number of aromatic nitrogens is 1. The van der Waals surface area contributed by atoms with Crippen molar-refractivity contribution in [3.63, 3.8) is 0 Å². The van der Waals surface area contributed by atoms with Crippen LogP contribution in [0.5, 0.6) is 5.75 Å². The van der Waals surface area contributed by atoms with Crippen LogP contribution in [-0.2, 0) is 19.4 Å². The molecule has 0 spiro atoms. The van der Waals surface area contributed by atoms with Gasteiger partial charge < -0.3 is 9.47 Å². The SMILES string of the molecule is CCCCS(=O)(=O)CC(COc1ccccc1)OC(=O)CSc1nc(-c2ccccc2)cc(-c2ccccc2)c1C#N. The fourth-order valence-electron chi connectivity index (χ4n) is 4.24. The Balaban J connectivity index is 1.55. The Bertz CT molecular complexity index is 1610. The molecule has 3 aromatic carbocycles. The molecule has 0 saturated carbocycles. The van der Waals surface area contributed by atoms with Crippen LogP contribution in [0.2, 0.25) is 0 Å². The highest BCUT2D eigenvalue weighted by Gasteiger charge is 2.24. The van der Waals surface area contributed by atoms with Gasteiger partial charge in [0, 0.05) is 11.1 Å². The smallest absolute Gasteiger partial charge is 0.316 e. The lowest BCUT2D eigenvalue weighted by atomic mass is 9.99. The third-order valence-electron chi connectivity index (χ3n) is 6.31. The molecule has 7 nitrogen and oxygen atoms in total. The van der Waals surface area contributed by atoms with Crippen molar-refractivity contribution in [2.24, 2.45) is 0 Å². The third-order valence-corrected chi connectivity index (χ3v) is 9.04. The highest BCUT2D eigenvalue weighted by atomic mass is 32.2. The van der Waals surface area contributed by atoms with E-state index < -0.39 is 21.9 Å². The fourth-order valence-corrected chi connectivity index (χ4v) is 6.65. The minimum absolute atomic E-state index is 0.0155. The standard InChI is InChI=1S/C33H32N2O5S2/c1-2-3-19-42(37,38)24-28(22-39-27-17-11-6-12-18-27)40-32(36)23-41-33-30(21-34)29(25-13-7-4-8-14-25)20-31(35-33)26-15-9-5-10-16-26/h4-18,20,28H,2-3,19,22-24H2,1H3. The van der Waals surface area contributed by atoms with Crippen LogP contribution in [0.15, 0.2) is 102 Å². The number of thioether (sulfide) groups is 1. The first kappa shape index (κ1) is 30.8. The summed E-state index contributed by atoms with van der Waals surface area (Å²) in [6, 6.07) is 32.2. The van der Waals surface area contributed by atoms with Gasteiger partial charge in [-0.25, -0.2) is 13.4 Å². The zero-order valence-corrected chi connectivity index (χ0v) is 24.9. The number of pyridine rings is 1. The molecule has 4 aromatic rings. The lowest BCUT2D eigenvalue weighted by molar-refractivity contribution is -0.146. The second-order valence-corrected chi connectivity index (χ2v) is 12.8. The van der Waals surface area contributed by atoms with Crippen LogP contribution in [0.1, 0.15) is 25.3 Å². The number of para-hydroxylation sites is 1. The maximum Gasteiger partial charge on any atom is 0.316 e. The summed E-state index contributed by atoms with van der Waals surface area (Å²) in [6.45, 7) is 1.82. The predicted molar refractivity (Wildman–Crippen MR) is 166 cm³/mol. The summed E-state index contributed by atoms with van der Waals surface area (Å²) in [4.78, 5) is 17.8. The van der Waals surface area contributed by atoms with Crippen molar-refractivity contribution in [1.82, 2.24) is 4.98 Å². The number of esters is 1. The molecule has 216 valence electrons. The van der Waals surface area contributed by atoms with E-state index in [0.717, 1.165) is 29.3 Å². The number of nitriles is 1. The van der Waals surface area contributed by atoms with Gasteiger partial charge in [0.05, 0.1) is 28.5 Å². The van der Waals surface area contributed by atoms with Crippen molar-refractivity contribution in [2.75, 3.05) is 23.9 Å². The van der Waals surface area contributed by atoms with E-state index in [1.807, 2.05) is 79.7 Å². The summed E-state index contributed by atoms with van der Waals surface area (Å²) in [7, 11) is -3.46. The van der Waals surface area contributed by atoms with Crippen molar-refractivity contribution in [1.29, 1.82) is 5.26 Å². The van der Waals surface area contributed by atoms with Crippen molar-refractivity contribution < 1.29 is 22.7 Å². The average molecular weight is 601 g/mol. The van der Waals surface area contributed by atoms with Crippen LogP contribution < -0.4 is 4.74 Å². The van der Waals surface area contributed by atoms with Crippen molar-refractivity contribution in [2.45, 2.75) is 30.9 Å². The maximum atomic E-state index is 13.0. The Kier molecular flexibility index (Phi) is 11.2. The molecule has 0 radical (unpaired) electrons. The highest BCUT2D eigenvalue weighted by molar-refractivity contribution is 8.00. The number of carbonyl (C=O) groups excluding carboxylic acids is 1. The molecule has 1 aromatic heterocycles. The van der Waals surface area contributed by atoms with Crippen LogP contribution in [0.3, 0.4) is 0 Å². The van der Waals surface area contributed by atoms with E-state index in [9.17, 15) is 18.5 Å². The molecule has 4 rings (SSSR count). The maximum absolute atomic E-state index is 13.0. The number of rotatable bonds is 14. The Morgan fingerprint density at radius 1 is 0.952 bits per heavy atom. The molecule has 0 amide bonds. The van der Waals surface area contributed by atoms with Gasteiger partial charge in [-0.1, -0.05) is 104 Å². The summed E-state index contributed by atoms with van der Waals surface area (Å²) >= 11 is 1.09. The normalized spacial score (nSPS) is 11.8. The quantitative estimate of drug-likeness (QED) is 0.118. The van der Waals surface area contributed by atoms with Crippen LogP contribution in [-0.4, -0.2) is 49.3 Å². The molecule has 1 heterocycles. The van der Waals surface area contributed by atoms with Gasteiger partial charge in [0.2, 0.25) is 0 Å². The van der Waals surface area contributed by atoms with Gasteiger partial charge in [0.25, 0.3) is 0 Å². The second-order valence-electron chi connectivity index (χ2n) is 9.57. The van der Waals surface area contributed by atoms with Gasteiger partial charge in [0.1, 0.15) is 29.6 Å².